The van der Waals surface area contributed by atoms with Gasteiger partial charge in [-0.3, -0.25) is 0 Å². The van der Waals surface area contributed by atoms with Gasteiger partial charge in [-0.2, -0.15) is 0 Å². The zero-order valence-electron chi connectivity index (χ0n) is 11.1. The van der Waals surface area contributed by atoms with E-state index in [0.29, 0.717) is 11.4 Å². The molecule has 0 atom stereocenters. The van der Waals surface area contributed by atoms with Crippen molar-refractivity contribution in [2.45, 2.75) is 38.5 Å². The average Bonchev–Trinajstić information content (AvgIpc) is 2.75. The van der Waals surface area contributed by atoms with Crippen molar-refractivity contribution in [2.24, 2.45) is 5.41 Å². The lowest BCUT2D eigenvalue weighted by Crippen LogP contribution is -2.34. The molecule has 3 rings (SSSR count). The molecule has 0 saturated heterocycles. The molecule has 2 nitrogen and oxygen atoms in total. The van der Waals surface area contributed by atoms with Gasteiger partial charge in [0.25, 0.3) is 0 Å². The van der Waals surface area contributed by atoms with Crippen LogP contribution in [0.3, 0.4) is 0 Å². The SMILES string of the molecule is Fc1ccc2c(c1F)NCC1(CCCCCC1)CN2. The number of nitrogens with one attached hydrogen (secondary N) is 2. The lowest BCUT2D eigenvalue weighted by atomic mass is 9.80. The Balaban J connectivity index is 1.86. The largest absolute Gasteiger partial charge is 0.383 e. The van der Waals surface area contributed by atoms with Crippen molar-refractivity contribution in [3.05, 3.63) is 23.8 Å². The van der Waals surface area contributed by atoms with Crippen LogP contribution in [0.25, 0.3) is 0 Å². The molecular weight excluding hydrogens is 246 g/mol. The third-order valence-corrected chi connectivity index (χ3v) is 4.55. The predicted molar refractivity (Wildman–Crippen MR) is 73.5 cm³/mol. The normalized spacial score (nSPS) is 21.8. The molecule has 1 aromatic rings. The van der Waals surface area contributed by atoms with E-state index < -0.39 is 11.6 Å². The van der Waals surface area contributed by atoms with Crippen LogP contribution in [0, 0.1) is 17.0 Å². The van der Waals surface area contributed by atoms with Crippen molar-refractivity contribution >= 4 is 11.4 Å². The van der Waals surface area contributed by atoms with Crippen LogP contribution < -0.4 is 10.6 Å². The van der Waals surface area contributed by atoms with Gasteiger partial charge in [0.1, 0.15) is 0 Å². The fraction of sp³-hybridized carbons (Fsp3) is 0.600. The summed E-state index contributed by atoms with van der Waals surface area (Å²) in [6.07, 6.45) is 7.36. The van der Waals surface area contributed by atoms with E-state index in [9.17, 15) is 8.78 Å². The first kappa shape index (κ1) is 12.7. The Morgan fingerprint density at radius 3 is 2.32 bits per heavy atom. The molecule has 1 aliphatic heterocycles. The van der Waals surface area contributed by atoms with E-state index in [1.54, 1.807) is 6.07 Å². The Kier molecular flexibility index (Phi) is 3.33. The van der Waals surface area contributed by atoms with E-state index in [0.717, 1.165) is 25.9 Å². The van der Waals surface area contributed by atoms with Crippen LogP contribution in [-0.2, 0) is 0 Å². The maximum absolute atomic E-state index is 13.8. The molecule has 1 fully saturated rings. The third kappa shape index (κ3) is 2.40. The smallest absolute Gasteiger partial charge is 0.183 e. The summed E-state index contributed by atoms with van der Waals surface area (Å²) in [5.74, 6) is -1.56. The molecule has 1 heterocycles. The summed E-state index contributed by atoms with van der Waals surface area (Å²) in [6.45, 7) is 1.57. The van der Waals surface area contributed by atoms with E-state index in [-0.39, 0.29) is 5.41 Å². The predicted octanol–water partition coefficient (Wildman–Crippen LogP) is 4.14. The maximum atomic E-state index is 13.8. The standard InChI is InChI=1S/C15H20F2N2/c16-11-5-6-12-14(13(11)17)19-10-15(9-18-12)7-3-1-2-4-8-15/h5-6,18-19H,1-4,7-10H2. The fourth-order valence-corrected chi connectivity index (χ4v) is 3.32. The van der Waals surface area contributed by atoms with E-state index in [1.165, 1.54) is 31.7 Å². The molecule has 2 N–H and O–H groups in total. The van der Waals surface area contributed by atoms with Crippen LogP contribution in [0.5, 0.6) is 0 Å². The van der Waals surface area contributed by atoms with Gasteiger partial charge in [-0.15, -0.1) is 0 Å². The van der Waals surface area contributed by atoms with E-state index >= 15 is 0 Å². The molecule has 0 amide bonds. The summed E-state index contributed by atoms with van der Waals surface area (Å²) in [7, 11) is 0. The molecule has 0 unspecified atom stereocenters. The molecule has 1 aliphatic carbocycles. The van der Waals surface area contributed by atoms with E-state index in [2.05, 4.69) is 10.6 Å². The molecule has 19 heavy (non-hydrogen) atoms. The zero-order valence-corrected chi connectivity index (χ0v) is 11.1. The Hall–Kier alpha value is -1.32. The van der Waals surface area contributed by atoms with Crippen LogP contribution in [0.4, 0.5) is 20.2 Å². The number of hydrogen-bond donors (Lipinski definition) is 2. The highest BCUT2D eigenvalue weighted by atomic mass is 19.2. The van der Waals surface area contributed by atoms with Gasteiger partial charge in [-0.25, -0.2) is 8.78 Å². The van der Waals surface area contributed by atoms with Gasteiger partial charge in [0.2, 0.25) is 0 Å². The monoisotopic (exact) mass is 266 g/mol. The highest BCUT2D eigenvalue weighted by Gasteiger charge is 2.33. The molecule has 4 heteroatoms. The van der Waals surface area contributed by atoms with Crippen molar-refractivity contribution in [3.8, 4) is 0 Å². The molecular formula is C15H20F2N2. The summed E-state index contributed by atoms with van der Waals surface area (Å²) in [6, 6.07) is 2.81. The van der Waals surface area contributed by atoms with Gasteiger partial charge in [-0.1, -0.05) is 25.7 Å². The van der Waals surface area contributed by atoms with Crippen LogP contribution >= 0.6 is 0 Å². The second-order valence-corrected chi connectivity index (χ2v) is 5.91. The Morgan fingerprint density at radius 2 is 1.58 bits per heavy atom. The molecule has 1 aromatic carbocycles. The Labute approximate surface area is 112 Å². The molecule has 1 saturated carbocycles. The minimum Gasteiger partial charge on any atom is -0.383 e. The summed E-state index contributed by atoms with van der Waals surface area (Å²) in [5.41, 5.74) is 1.15. The van der Waals surface area contributed by atoms with Gasteiger partial charge < -0.3 is 10.6 Å². The number of halogens is 2. The van der Waals surface area contributed by atoms with Crippen molar-refractivity contribution in [3.63, 3.8) is 0 Å². The van der Waals surface area contributed by atoms with Gasteiger partial charge in [0.05, 0.1) is 11.4 Å². The minimum absolute atomic E-state index is 0.179. The first-order valence-corrected chi connectivity index (χ1v) is 7.16. The van der Waals surface area contributed by atoms with Crippen LogP contribution in [0.2, 0.25) is 0 Å². The van der Waals surface area contributed by atoms with Gasteiger partial charge >= 0.3 is 0 Å². The summed E-state index contributed by atoms with van der Waals surface area (Å²) < 4.78 is 27.1. The molecule has 0 aromatic heterocycles. The fourth-order valence-electron chi connectivity index (χ4n) is 3.32. The molecule has 0 bridgehead atoms. The first-order valence-electron chi connectivity index (χ1n) is 7.16. The van der Waals surface area contributed by atoms with Crippen LogP contribution in [0.15, 0.2) is 12.1 Å². The van der Waals surface area contributed by atoms with Crippen LogP contribution in [-0.4, -0.2) is 13.1 Å². The molecule has 2 aliphatic rings. The number of anilines is 2. The van der Waals surface area contributed by atoms with Crippen LogP contribution in [0.1, 0.15) is 38.5 Å². The number of rotatable bonds is 0. The summed E-state index contributed by atoms with van der Waals surface area (Å²) in [4.78, 5) is 0. The quantitative estimate of drug-likeness (QED) is 0.737. The Morgan fingerprint density at radius 1 is 0.895 bits per heavy atom. The first-order chi connectivity index (χ1) is 9.20. The number of benzene rings is 1. The topological polar surface area (TPSA) is 24.1 Å². The lowest BCUT2D eigenvalue weighted by molar-refractivity contribution is 0.286. The maximum Gasteiger partial charge on any atom is 0.183 e. The van der Waals surface area contributed by atoms with Gasteiger partial charge in [0.15, 0.2) is 11.6 Å². The second kappa shape index (κ2) is 4.99. The van der Waals surface area contributed by atoms with Crippen molar-refractivity contribution in [1.82, 2.24) is 0 Å². The molecule has 0 radical (unpaired) electrons. The molecule has 104 valence electrons. The highest BCUT2D eigenvalue weighted by molar-refractivity contribution is 5.70. The third-order valence-electron chi connectivity index (χ3n) is 4.55. The second-order valence-electron chi connectivity index (χ2n) is 5.91. The van der Waals surface area contributed by atoms with Crippen molar-refractivity contribution in [1.29, 1.82) is 0 Å². The van der Waals surface area contributed by atoms with Crippen molar-refractivity contribution < 1.29 is 8.78 Å². The Bertz CT molecular complexity index is 465. The lowest BCUT2D eigenvalue weighted by Gasteiger charge is -2.31. The summed E-state index contributed by atoms with van der Waals surface area (Å²) >= 11 is 0. The van der Waals surface area contributed by atoms with E-state index in [4.69, 9.17) is 0 Å². The van der Waals surface area contributed by atoms with E-state index in [1.807, 2.05) is 0 Å². The highest BCUT2D eigenvalue weighted by Crippen LogP contribution is 2.39. The minimum atomic E-state index is -0.787. The zero-order chi connectivity index (χ0) is 13.3. The summed E-state index contributed by atoms with van der Waals surface area (Å²) in [5, 5.41) is 6.46. The average molecular weight is 266 g/mol. The van der Waals surface area contributed by atoms with Gasteiger partial charge in [-0.05, 0) is 25.0 Å². The molecule has 1 spiro atoms. The number of fused-ring (bicyclic) bond motifs is 1. The van der Waals surface area contributed by atoms with Crippen molar-refractivity contribution in [2.75, 3.05) is 23.7 Å². The number of hydrogen-bond acceptors (Lipinski definition) is 2. The van der Waals surface area contributed by atoms with Gasteiger partial charge in [0, 0.05) is 18.5 Å².